The first-order valence-electron chi connectivity index (χ1n) is 6.91. The van der Waals surface area contributed by atoms with E-state index in [1.807, 2.05) is 0 Å². The molecule has 26 heavy (non-hydrogen) atoms. The standard InChI is InChI=1S/C14H10ClF3N4O3S/c1-26(24,25)20-10-6-8(2-3-9(10)15)22-12(23)7-11(14(16,17)18)21-5-4-19-13(21)22/h2-7,20H,1H3. The second-order valence-corrected chi connectivity index (χ2v) is 7.49. The Morgan fingerprint density at radius 1 is 1.23 bits per heavy atom. The molecule has 2 aromatic heterocycles. The molecule has 12 heteroatoms. The molecule has 3 rings (SSSR count). The maximum absolute atomic E-state index is 13.1. The molecule has 0 saturated heterocycles. The molecule has 0 radical (unpaired) electrons. The molecule has 0 spiro atoms. The fourth-order valence-corrected chi connectivity index (χ4v) is 3.18. The maximum atomic E-state index is 13.1. The normalized spacial score (nSPS) is 12.5. The summed E-state index contributed by atoms with van der Waals surface area (Å²) >= 11 is 5.93. The molecule has 0 aliphatic rings. The van der Waals surface area contributed by atoms with Gasteiger partial charge in [-0.2, -0.15) is 13.2 Å². The van der Waals surface area contributed by atoms with Crippen molar-refractivity contribution >= 4 is 33.1 Å². The van der Waals surface area contributed by atoms with Crippen molar-refractivity contribution in [3.05, 3.63) is 57.7 Å². The Labute approximate surface area is 149 Å². The number of alkyl halides is 3. The average Bonchev–Trinajstić information content (AvgIpc) is 2.95. The number of hydrogen-bond acceptors (Lipinski definition) is 4. The Morgan fingerprint density at radius 2 is 1.92 bits per heavy atom. The number of hydrogen-bond donors (Lipinski definition) is 1. The van der Waals surface area contributed by atoms with E-state index in [9.17, 15) is 26.4 Å². The third-order valence-electron chi connectivity index (χ3n) is 3.36. The molecule has 0 bridgehead atoms. The third-order valence-corrected chi connectivity index (χ3v) is 4.28. The van der Waals surface area contributed by atoms with Gasteiger partial charge in [-0.1, -0.05) is 11.6 Å². The van der Waals surface area contributed by atoms with Crippen molar-refractivity contribution in [2.75, 3.05) is 11.0 Å². The predicted octanol–water partition coefficient (Wildman–Crippen LogP) is 2.53. The lowest BCUT2D eigenvalue weighted by atomic mass is 10.2. The van der Waals surface area contributed by atoms with Crippen molar-refractivity contribution in [1.29, 1.82) is 0 Å². The summed E-state index contributed by atoms with van der Waals surface area (Å²) in [5.41, 5.74) is -2.09. The molecule has 2 heterocycles. The average molecular weight is 407 g/mol. The van der Waals surface area contributed by atoms with Crippen molar-refractivity contribution in [2.45, 2.75) is 6.18 Å². The molecule has 3 aromatic rings. The minimum atomic E-state index is -4.75. The largest absolute Gasteiger partial charge is 0.432 e. The molecule has 1 aromatic carbocycles. The van der Waals surface area contributed by atoms with Gasteiger partial charge in [-0.05, 0) is 18.2 Å². The Morgan fingerprint density at radius 3 is 2.54 bits per heavy atom. The topological polar surface area (TPSA) is 85.5 Å². The van der Waals surface area contributed by atoms with Crippen LogP contribution in [0.3, 0.4) is 0 Å². The molecule has 0 amide bonds. The van der Waals surface area contributed by atoms with Gasteiger partial charge in [-0.25, -0.2) is 18.0 Å². The van der Waals surface area contributed by atoms with Gasteiger partial charge < -0.3 is 0 Å². The summed E-state index contributed by atoms with van der Waals surface area (Å²) in [6.07, 6.45) is -1.65. The number of nitrogens with zero attached hydrogens (tertiary/aromatic N) is 3. The highest BCUT2D eigenvalue weighted by molar-refractivity contribution is 7.92. The zero-order chi connectivity index (χ0) is 19.3. The predicted molar refractivity (Wildman–Crippen MR) is 89.3 cm³/mol. The van der Waals surface area contributed by atoms with Crippen LogP contribution in [-0.4, -0.2) is 28.6 Å². The summed E-state index contributed by atoms with van der Waals surface area (Å²) in [6.45, 7) is 0. The van der Waals surface area contributed by atoms with Crippen LogP contribution in [-0.2, 0) is 16.2 Å². The van der Waals surface area contributed by atoms with Crippen LogP contribution in [0.5, 0.6) is 0 Å². The highest BCUT2D eigenvalue weighted by Crippen LogP contribution is 2.30. The van der Waals surface area contributed by atoms with E-state index in [0.29, 0.717) is 6.07 Å². The summed E-state index contributed by atoms with van der Waals surface area (Å²) in [6, 6.07) is 4.34. The molecule has 0 saturated carbocycles. The Hall–Kier alpha value is -2.53. The number of nitrogens with one attached hydrogen (secondary N) is 1. The summed E-state index contributed by atoms with van der Waals surface area (Å²) in [4.78, 5) is 16.1. The second-order valence-electron chi connectivity index (χ2n) is 5.34. The molecule has 0 unspecified atom stereocenters. The number of benzene rings is 1. The monoisotopic (exact) mass is 406 g/mol. The van der Waals surface area contributed by atoms with Crippen LogP contribution in [0.25, 0.3) is 11.5 Å². The van der Waals surface area contributed by atoms with E-state index in [0.717, 1.165) is 27.6 Å². The lowest BCUT2D eigenvalue weighted by molar-refractivity contribution is -0.142. The van der Waals surface area contributed by atoms with Crippen molar-refractivity contribution in [2.24, 2.45) is 0 Å². The third kappa shape index (κ3) is 3.40. The van der Waals surface area contributed by atoms with Crippen LogP contribution in [0, 0.1) is 0 Å². The minimum Gasteiger partial charge on any atom is -0.282 e. The molecule has 0 atom stereocenters. The van der Waals surface area contributed by atoms with Gasteiger partial charge in [0.1, 0.15) is 5.69 Å². The number of halogens is 4. The van der Waals surface area contributed by atoms with Gasteiger partial charge >= 0.3 is 6.18 Å². The molecular formula is C14H10ClF3N4O3S. The zero-order valence-electron chi connectivity index (χ0n) is 13.0. The Kier molecular flexibility index (Phi) is 4.23. The molecule has 0 aliphatic carbocycles. The quantitative estimate of drug-likeness (QED) is 0.724. The van der Waals surface area contributed by atoms with Crippen molar-refractivity contribution < 1.29 is 21.6 Å². The van der Waals surface area contributed by atoms with Crippen molar-refractivity contribution in [3.63, 3.8) is 0 Å². The number of sulfonamides is 1. The first-order valence-corrected chi connectivity index (χ1v) is 9.18. The number of rotatable bonds is 3. The van der Waals surface area contributed by atoms with Gasteiger partial charge in [-0.15, -0.1) is 0 Å². The second kappa shape index (κ2) is 6.02. The molecular weight excluding hydrogens is 397 g/mol. The van der Waals surface area contributed by atoms with Crippen LogP contribution < -0.4 is 10.3 Å². The van der Waals surface area contributed by atoms with Crippen molar-refractivity contribution in [3.8, 4) is 5.69 Å². The van der Waals surface area contributed by atoms with Gasteiger partial charge in [0.05, 0.1) is 22.7 Å². The van der Waals surface area contributed by atoms with E-state index >= 15 is 0 Å². The van der Waals surface area contributed by atoms with E-state index in [2.05, 4.69) is 9.71 Å². The highest BCUT2D eigenvalue weighted by atomic mass is 35.5. The molecule has 0 aliphatic heterocycles. The SMILES string of the molecule is CS(=O)(=O)Nc1cc(-n2c(=O)cc(C(F)(F)F)n3ccnc23)ccc1Cl. The van der Waals surface area contributed by atoms with Gasteiger partial charge in [0.25, 0.3) is 5.56 Å². The lowest BCUT2D eigenvalue weighted by Gasteiger charge is -2.14. The lowest BCUT2D eigenvalue weighted by Crippen LogP contribution is -2.25. The minimum absolute atomic E-state index is 0.0248. The summed E-state index contributed by atoms with van der Waals surface area (Å²) in [5.74, 6) is -0.280. The van der Waals surface area contributed by atoms with E-state index in [1.54, 1.807) is 0 Å². The van der Waals surface area contributed by atoms with Crippen LogP contribution in [0.15, 0.2) is 41.5 Å². The molecule has 0 fully saturated rings. The summed E-state index contributed by atoms with van der Waals surface area (Å²) in [5, 5.41) is 0.0542. The summed E-state index contributed by atoms with van der Waals surface area (Å²) < 4.78 is 66.0. The zero-order valence-corrected chi connectivity index (χ0v) is 14.5. The van der Waals surface area contributed by atoms with Gasteiger partial charge in [0.15, 0.2) is 0 Å². The number of fused-ring (bicyclic) bond motifs is 1. The number of aromatic nitrogens is 3. The Balaban J connectivity index is 2.28. The van der Waals surface area contributed by atoms with Gasteiger partial charge in [0, 0.05) is 18.5 Å². The first-order chi connectivity index (χ1) is 12.0. The molecule has 1 N–H and O–H groups in total. The molecule has 138 valence electrons. The number of anilines is 1. The highest BCUT2D eigenvalue weighted by Gasteiger charge is 2.35. The van der Waals surface area contributed by atoms with Crippen LogP contribution in [0.2, 0.25) is 5.02 Å². The van der Waals surface area contributed by atoms with Crippen molar-refractivity contribution in [1.82, 2.24) is 14.0 Å². The van der Waals surface area contributed by atoms with Crippen LogP contribution >= 0.6 is 11.6 Å². The Bertz CT molecular complexity index is 1170. The van der Waals surface area contributed by atoms with E-state index < -0.39 is 27.5 Å². The molecule has 7 nitrogen and oxygen atoms in total. The fraction of sp³-hybridized carbons (Fsp3) is 0.143. The van der Waals surface area contributed by atoms with E-state index in [4.69, 9.17) is 11.6 Å². The van der Waals surface area contributed by atoms with Gasteiger partial charge in [-0.3, -0.25) is 13.9 Å². The summed E-state index contributed by atoms with van der Waals surface area (Å²) in [7, 11) is -3.66. The van der Waals surface area contributed by atoms with E-state index in [-0.39, 0.29) is 22.2 Å². The first kappa shape index (κ1) is 18.3. The smallest absolute Gasteiger partial charge is 0.282 e. The van der Waals surface area contributed by atoms with E-state index in [1.165, 1.54) is 18.2 Å². The van der Waals surface area contributed by atoms with Crippen LogP contribution in [0.4, 0.5) is 18.9 Å². The van der Waals surface area contributed by atoms with Gasteiger partial charge in [0.2, 0.25) is 15.8 Å². The maximum Gasteiger partial charge on any atom is 0.432 e. The van der Waals surface area contributed by atoms with Crippen LogP contribution in [0.1, 0.15) is 5.69 Å². The fourth-order valence-electron chi connectivity index (χ4n) is 2.39. The number of imidazole rings is 1.